The molecule has 1 heterocycles. The number of benzene rings is 2. The monoisotopic (exact) mass is 411 g/mol. The minimum absolute atomic E-state index is 0.0824. The lowest BCUT2D eigenvalue weighted by Crippen LogP contribution is -2.17. The molecule has 0 aliphatic rings. The Kier molecular flexibility index (Phi) is 6.21. The van der Waals surface area contributed by atoms with Crippen LogP contribution in [-0.4, -0.2) is 33.6 Å². The molecule has 3 N–H and O–H groups in total. The van der Waals surface area contributed by atoms with E-state index in [0.29, 0.717) is 34.1 Å². The number of hydrogen-bond donors (Lipinski definition) is 2. The molecule has 0 spiro atoms. The summed E-state index contributed by atoms with van der Waals surface area (Å²) in [6.45, 7) is 2.08. The van der Waals surface area contributed by atoms with Crippen molar-refractivity contribution in [3.05, 3.63) is 70.5 Å². The summed E-state index contributed by atoms with van der Waals surface area (Å²) in [5.74, 6) is -2.22. The molecule has 0 unspecified atom stereocenters. The lowest BCUT2D eigenvalue weighted by Gasteiger charge is -2.13. The van der Waals surface area contributed by atoms with Crippen LogP contribution in [0.25, 0.3) is 22.5 Å². The van der Waals surface area contributed by atoms with E-state index in [2.05, 4.69) is 9.97 Å². The molecule has 0 bridgehead atoms. The van der Waals surface area contributed by atoms with Crippen molar-refractivity contribution in [2.24, 2.45) is 5.73 Å². The van der Waals surface area contributed by atoms with E-state index in [-0.39, 0.29) is 12.3 Å². The third kappa shape index (κ3) is 4.42. The fourth-order valence-corrected chi connectivity index (χ4v) is 2.86. The van der Waals surface area contributed by atoms with Gasteiger partial charge in [-0.2, -0.15) is 0 Å². The van der Waals surface area contributed by atoms with Gasteiger partial charge >= 0.3 is 11.9 Å². The zero-order chi connectivity index (χ0) is 21.0. The van der Waals surface area contributed by atoms with E-state index < -0.39 is 17.6 Å². The number of hydrogen-bond acceptors (Lipinski definition) is 6. The summed E-state index contributed by atoms with van der Waals surface area (Å²) in [4.78, 5) is 32.7. The van der Waals surface area contributed by atoms with Crippen LogP contribution in [0.5, 0.6) is 0 Å². The third-order valence-corrected chi connectivity index (χ3v) is 4.40. The van der Waals surface area contributed by atoms with Gasteiger partial charge in [-0.3, -0.25) is 0 Å². The van der Waals surface area contributed by atoms with Gasteiger partial charge in [-0.25, -0.2) is 19.6 Å². The number of carbonyl (C=O) groups excluding carboxylic acids is 1. The second-order valence-corrected chi connectivity index (χ2v) is 6.49. The molecule has 148 valence electrons. The van der Waals surface area contributed by atoms with Crippen LogP contribution in [0, 0.1) is 0 Å². The van der Waals surface area contributed by atoms with Crippen LogP contribution in [-0.2, 0) is 11.3 Å². The average Bonchev–Trinajstić information content (AvgIpc) is 2.73. The fraction of sp³-hybridized carbons (Fsp3) is 0.143. The SMILES string of the molecule is CCOC(=O)c1nc(-c2ccc(CN)cc2)c(-c2ccc(Cl)cc2)nc1C(=O)O. The van der Waals surface area contributed by atoms with Crippen LogP contribution in [0.1, 0.15) is 33.5 Å². The molecule has 0 aliphatic heterocycles. The highest BCUT2D eigenvalue weighted by molar-refractivity contribution is 6.30. The molecule has 0 atom stereocenters. The number of carbonyl (C=O) groups is 2. The Morgan fingerprint density at radius 3 is 1.97 bits per heavy atom. The number of carboxylic acids is 1. The summed E-state index contributed by atoms with van der Waals surface area (Å²) in [5.41, 5.74) is 7.68. The fourth-order valence-electron chi connectivity index (χ4n) is 2.74. The summed E-state index contributed by atoms with van der Waals surface area (Å²) in [7, 11) is 0. The summed E-state index contributed by atoms with van der Waals surface area (Å²) in [6, 6.07) is 14.0. The molecule has 3 rings (SSSR count). The minimum Gasteiger partial charge on any atom is -0.476 e. The molecule has 3 aromatic rings. The molecular formula is C21H18ClN3O4. The summed E-state index contributed by atoms with van der Waals surface area (Å²) >= 11 is 5.97. The predicted molar refractivity (Wildman–Crippen MR) is 109 cm³/mol. The molecule has 1 aromatic heterocycles. The van der Waals surface area contributed by atoms with Crippen LogP contribution in [0.2, 0.25) is 5.02 Å². The lowest BCUT2D eigenvalue weighted by atomic mass is 10.0. The van der Waals surface area contributed by atoms with Gasteiger partial charge in [-0.1, -0.05) is 48.0 Å². The van der Waals surface area contributed by atoms with E-state index in [4.69, 9.17) is 22.1 Å². The quantitative estimate of drug-likeness (QED) is 0.592. The van der Waals surface area contributed by atoms with Crippen molar-refractivity contribution in [2.45, 2.75) is 13.5 Å². The van der Waals surface area contributed by atoms with Gasteiger partial charge in [0, 0.05) is 22.7 Å². The largest absolute Gasteiger partial charge is 0.476 e. The van der Waals surface area contributed by atoms with E-state index in [0.717, 1.165) is 5.56 Å². The molecular weight excluding hydrogens is 394 g/mol. The van der Waals surface area contributed by atoms with E-state index in [1.807, 2.05) is 12.1 Å². The molecule has 0 saturated heterocycles. The van der Waals surface area contributed by atoms with Gasteiger partial charge in [0.25, 0.3) is 0 Å². The van der Waals surface area contributed by atoms with Crippen molar-refractivity contribution in [1.82, 2.24) is 9.97 Å². The number of aromatic carboxylic acids is 1. The zero-order valence-corrected chi connectivity index (χ0v) is 16.3. The standard InChI is InChI=1S/C21H18ClN3O4/c1-2-29-21(28)19-18(20(26)27)24-16(14-7-9-15(22)10-8-14)17(25-19)13-5-3-12(11-23)4-6-13/h3-10H,2,11,23H2,1H3,(H,26,27). The first-order valence-corrected chi connectivity index (χ1v) is 9.20. The number of aromatic nitrogens is 2. The summed E-state index contributed by atoms with van der Waals surface area (Å²) in [5, 5.41) is 10.1. The van der Waals surface area contributed by atoms with Gasteiger partial charge in [-0.15, -0.1) is 0 Å². The Morgan fingerprint density at radius 1 is 0.966 bits per heavy atom. The van der Waals surface area contributed by atoms with Gasteiger partial charge in [0.2, 0.25) is 0 Å². The highest BCUT2D eigenvalue weighted by atomic mass is 35.5. The molecule has 0 saturated carbocycles. The van der Waals surface area contributed by atoms with Gasteiger partial charge in [-0.05, 0) is 24.6 Å². The summed E-state index contributed by atoms with van der Waals surface area (Å²) < 4.78 is 4.97. The molecule has 8 heteroatoms. The lowest BCUT2D eigenvalue weighted by molar-refractivity contribution is 0.0505. The van der Waals surface area contributed by atoms with E-state index in [1.165, 1.54) is 0 Å². The Morgan fingerprint density at radius 2 is 1.48 bits per heavy atom. The molecule has 0 radical (unpaired) electrons. The maximum atomic E-state index is 12.3. The van der Waals surface area contributed by atoms with Crippen molar-refractivity contribution in [3.8, 4) is 22.5 Å². The molecule has 0 amide bonds. The Labute approximate surface area is 172 Å². The Hall–Kier alpha value is -3.29. The van der Waals surface area contributed by atoms with Gasteiger partial charge in [0.15, 0.2) is 11.4 Å². The normalized spacial score (nSPS) is 10.6. The summed E-state index contributed by atoms with van der Waals surface area (Å²) in [6.07, 6.45) is 0. The van der Waals surface area contributed by atoms with Crippen LogP contribution < -0.4 is 5.73 Å². The Balaban J connectivity index is 2.28. The van der Waals surface area contributed by atoms with Crippen molar-refractivity contribution >= 4 is 23.5 Å². The van der Waals surface area contributed by atoms with Gasteiger partial charge in [0.05, 0.1) is 18.0 Å². The number of halogens is 1. The maximum Gasteiger partial charge on any atom is 0.359 e. The first-order chi connectivity index (χ1) is 13.9. The number of rotatable bonds is 6. The first kappa shape index (κ1) is 20.4. The van der Waals surface area contributed by atoms with Crippen molar-refractivity contribution < 1.29 is 19.4 Å². The smallest absolute Gasteiger partial charge is 0.359 e. The molecule has 0 fully saturated rings. The molecule has 0 aliphatic carbocycles. The highest BCUT2D eigenvalue weighted by Crippen LogP contribution is 2.31. The molecule has 29 heavy (non-hydrogen) atoms. The first-order valence-electron chi connectivity index (χ1n) is 8.82. The third-order valence-electron chi connectivity index (χ3n) is 4.15. The second-order valence-electron chi connectivity index (χ2n) is 6.05. The topological polar surface area (TPSA) is 115 Å². The number of carboxylic acid groups (broad SMARTS) is 1. The predicted octanol–water partition coefficient (Wildman–Crippen LogP) is 3.80. The number of ether oxygens (including phenoxy) is 1. The minimum atomic E-state index is -1.37. The Bertz CT molecular complexity index is 1050. The van der Waals surface area contributed by atoms with E-state index >= 15 is 0 Å². The van der Waals surface area contributed by atoms with E-state index in [9.17, 15) is 14.7 Å². The number of nitrogens with zero attached hydrogens (tertiary/aromatic N) is 2. The number of esters is 1. The molecule has 7 nitrogen and oxygen atoms in total. The van der Waals surface area contributed by atoms with Crippen LogP contribution in [0.3, 0.4) is 0 Å². The maximum absolute atomic E-state index is 12.3. The van der Waals surface area contributed by atoms with Crippen LogP contribution in [0.4, 0.5) is 0 Å². The van der Waals surface area contributed by atoms with Crippen molar-refractivity contribution in [3.63, 3.8) is 0 Å². The van der Waals surface area contributed by atoms with E-state index in [1.54, 1.807) is 43.3 Å². The average molecular weight is 412 g/mol. The second kappa shape index (κ2) is 8.81. The van der Waals surface area contributed by atoms with Crippen LogP contribution in [0.15, 0.2) is 48.5 Å². The zero-order valence-electron chi connectivity index (χ0n) is 15.6. The highest BCUT2D eigenvalue weighted by Gasteiger charge is 2.26. The van der Waals surface area contributed by atoms with Gasteiger partial charge < -0.3 is 15.6 Å². The van der Waals surface area contributed by atoms with Crippen molar-refractivity contribution in [1.29, 1.82) is 0 Å². The van der Waals surface area contributed by atoms with Crippen LogP contribution >= 0.6 is 11.6 Å². The molecule has 2 aromatic carbocycles. The number of nitrogens with two attached hydrogens (primary N) is 1. The van der Waals surface area contributed by atoms with Crippen molar-refractivity contribution in [2.75, 3.05) is 6.61 Å². The van der Waals surface area contributed by atoms with Gasteiger partial charge in [0.1, 0.15) is 0 Å².